The summed E-state index contributed by atoms with van der Waals surface area (Å²) < 4.78 is 8.19. The standard InChI is InChI=1S/3HI.O.V/h3*1H;;. The van der Waals surface area contributed by atoms with Crippen molar-refractivity contribution in [1.29, 1.82) is 0 Å². The summed E-state index contributed by atoms with van der Waals surface area (Å²) >= 11 is 1.06. The van der Waals surface area contributed by atoms with Gasteiger partial charge in [-0.15, -0.1) is 71.9 Å². The summed E-state index contributed by atoms with van der Waals surface area (Å²) in [7, 11) is 0. The molecule has 0 spiro atoms. The van der Waals surface area contributed by atoms with Crippen molar-refractivity contribution in [2.45, 2.75) is 0 Å². The molecule has 0 rings (SSSR count). The molecule has 0 bridgehead atoms. The second-order valence-corrected chi connectivity index (χ2v) is 0. The van der Waals surface area contributed by atoms with E-state index in [9.17, 15) is 0 Å². The monoisotopic (exact) mass is 451 g/mol. The van der Waals surface area contributed by atoms with Crippen LogP contribution in [0, 0.1) is 0 Å². The van der Waals surface area contributed by atoms with Gasteiger partial charge in [0.05, 0.1) is 0 Å². The van der Waals surface area contributed by atoms with Crippen molar-refractivity contribution in [2.75, 3.05) is 0 Å². The molecule has 0 aromatic carbocycles. The zero-order valence-corrected chi connectivity index (χ0v) is 10.5. The summed E-state index contributed by atoms with van der Waals surface area (Å²) in [5.74, 6) is 0. The number of hydrogen-bond acceptors (Lipinski definition) is 1. The third-order valence-electron chi connectivity index (χ3n) is 0. The van der Waals surface area contributed by atoms with Gasteiger partial charge in [0.1, 0.15) is 0 Å². The van der Waals surface area contributed by atoms with Crippen molar-refractivity contribution in [3.63, 3.8) is 0 Å². The number of halogens is 3. The van der Waals surface area contributed by atoms with Gasteiger partial charge >= 0.3 is 21.0 Å². The Morgan fingerprint density at radius 1 is 0.800 bits per heavy atom. The van der Waals surface area contributed by atoms with E-state index >= 15 is 0 Å². The van der Waals surface area contributed by atoms with Gasteiger partial charge in [0, 0.05) is 0 Å². The molecule has 0 aliphatic rings. The molecule has 0 aromatic rings. The van der Waals surface area contributed by atoms with Crippen molar-refractivity contribution in [3.05, 3.63) is 0 Å². The Bertz CT molecular complexity index is 6.85. The van der Waals surface area contributed by atoms with Crippen molar-refractivity contribution in [1.82, 2.24) is 0 Å². The molecule has 0 fully saturated rings. The molecule has 0 heterocycles. The Kier molecular flexibility index (Phi) is 158. The van der Waals surface area contributed by atoms with E-state index in [1.165, 1.54) is 0 Å². The van der Waals surface area contributed by atoms with Crippen LogP contribution in [0.15, 0.2) is 0 Å². The second kappa shape index (κ2) is 30.8. The van der Waals surface area contributed by atoms with Crippen LogP contribution in [0.1, 0.15) is 0 Å². The Morgan fingerprint density at radius 2 is 0.800 bits per heavy atom. The summed E-state index contributed by atoms with van der Waals surface area (Å²) in [6.07, 6.45) is 0. The van der Waals surface area contributed by atoms with Gasteiger partial charge in [-0.05, 0) is 0 Å². The topological polar surface area (TPSA) is 17.1 Å². The van der Waals surface area contributed by atoms with Gasteiger partial charge in [0.15, 0.2) is 0 Å². The van der Waals surface area contributed by atoms with E-state index in [-0.39, 0.29) is 71.9 Å². The first-order chi connectivity index (χ1) is 1.00. The van der Waals surface area contributed by atoms with Gasteiger partial charge in [0.25, 0.3) is 0 Å². The molecule has 1 nitrogen and oxygen atoms in total. The minimum absolute atomic E-state index is 0. The molecule has 0 aliphatic heterocycles. The third-order valence-corrected chi connectivity index (χ3v) is 0. The summed E-state index contributed by atoms with van der Waals surface area (Å²) in [6, 6.07) is 0. The maximum atomic E-state index is 8.19. The molecule has 5 heteroatoms. The van der Waals surface area contributed by atoms with Crippen molar-refractivity contribution >= 4 is 71.9 Å². The fraction of sp³-hybridized carbons (Fsp3) is 0. The van der Waals surface area contributed by atoms with E-state index in [0.29, 0.717) is 0 Å². The third kappa shape index (κ3) is 20.8. The molecule has 0 saturated heterocycles. The van der Waals surface area contributed by atoms with Crippen molar-refractivity contribution in [2.24, 2.45) is 0 Å². The summed E-state index contributed by atoms with van der Waals surface area (Å²) in [6.45, 7) is 0. The molecule has 5 heavy (non-hydrogen) atoms. The molecule has 0 aromatic heterocycles. The Labute approximate surface area is 91.3 Å². The van der Waals surface area contributed by atoms with Crippen LogP contribution in [-0.4, -0.2) is 0 Å². The molecule has 0 N–H and O–H groups in total. The second-order valence-electron chi connectivity index (χ2n) is 0. The first kappa shape index (κ1) is 25.6. The van der Waals surface area contributed by atoms with Crippen LogP contribution in [0.5, 0.6) is 0 Å². The van der Waals surface area contributed by atoms with E-state index < -0.39 is 0 Å². The summed E-state index contributed by atoms with van der Waals surface area (Å²) in [4.78, 5) is 0. The van der Waals surface area contributed by atoms with Crippen LogP contribution in [-0.2, 0) is 21.0 Å². The average molecular weight is 451 g/mol. The van der Waals surface area contributed by atoms with Crippen LogP contribution in [0.25, 0.3) is 0 Å². The van der Waals surface area contributed by atoms with E-state index in [1.807, 2.05) is 0 Å². The van der Waals surface area contributed by atoms with E-state index in [4.69, 9.17) is 3.67 Å². The maximum absolute atomic E-state index is 8.19. The Morgan fingerprint density at radius 3 is 0.800 bits per heavy atom. The molecule has 0 amide bonds. The normalized spacial score (nSPS) is 0.600. The van der Waals surface area contributed by atoms with E-state index in [0.717, 1.165) is 17.4 Å². The van der Waals surface area contributed by atoms with Gasteiger partial charge in [-0.2, -0.15) is 0 Å². The summed E-state index contributed by atoms with van der Waals surface area (Å²) in [5, 5.41) is 0. The minimum atomic E-state index is 0. The molecular formula is H3I3OV. The van der Waals surface area contributed by atoms with Crippen LogP contribution in [0.4, 0.5) is 0 Å². The van der Waals surface area contributed by atoms with Crippen LogP contribution >= 0.6 is 71.9 Å². The molecule has 0 unspecified atom stereocenters. The molecule has 0 radical (unpaired) electrons. The first-order valence-corrected chi connectivity index (χ1v) is 0.753. The SMILES string of the molecule is I.I.I.[O]=[V]. The zero-order chi connectivity index (χ0) is 2.00. The van der Waals surface area contributed by atoms with Crippen LogP contribution in [0.2, 0.25) is 0 Å². The first-order valence-electron chi connectivity index (χ1n) is 0.183. The van der Waals surface area contributed by atoms with Gasteiger partial charge in [0.2, 0.25) is 0 Å². The van der Waals surface area contributed by atoms with E-state index in [2.05, 4.69) is 0 Å². The summed E-state index contributed by atoms with van der Waals surface area (Å²) in [5.41, 5.74) is 0. The Hall–Kier alpha value is 2.57. The van der Waals surface area contributed by atoms with E-state index in [1.54, 1.807) is 0 Å². The van der Waals surface area contributed by atoms with Crippen LogP contribution < -0.4 is 0 Å². The molecular weight excluding hydrogens is 448 g/mol. The fourth-order valence-electron chi connectivity index (χ4n) is 0. The fourth-order valence-corrected chi connectivity index (χ4v) is 0. The molecule has 0 saturated carbocycles. The van der Waals surface area contributed by atoms with Gasteiger partial charge in [-0.1, -0.05) is 0 Å². The predicted molar refractivity (Wildman–Crippen MR) is 46.9 cm³/mol. The van der Waals surface area contributed by atoms with Gasteiger partial charge in [-0.3, -0.25) is 0 Å². The zero-order valence-electron chi connectivity index (χ0n) is 2.08. The quantitative estimate of drug-likeness (QED) is 0.514. The van der Waals surface area contributed by atoms with Gasteiger partial charge < -0.3 is 0 Å². The van der Waals surface area contributed by atoms with Gasteiger partial charge in [-0.25, -0.2) is 0 Å². The average Bonchev–Trinajstić information content (AvgIpc) is 1.00. The van der Waals surface area contributed by atoms with Crippen molar-refractivity contribution < 1.29 is 21.0 Å². The predicted octanol–water partition coefficient (Wildman–Crippen LogP) is 1.73. The van der Waals surface area contributed by atoms with Crippen molar-refractivity contribution in [3.8, 4) is 0 Å². The molecule has 0 atom stereocenters. The molecule has 0 aliphatic carbocycles. The Balaban J connectivity index is -0.00000000167. The van der Waals surface area contributed by atoms with Crippen LogP contribution in [0.3, 0.4) is 0 Å². The number of rotatable bonds is 0. The molecule has 35 valence electrons. The number of hydrogen-bond donors (Lipinski definition) is 0.